The van der Waals surface area contributed by atoms with E-state index in [1.165, 1.54) is 5.56 Å². The van der Waals surface area contributed by atoms with E-state index in [9.17, 15) is 4.79 Å². The number of ether oxygens (including phenoxy) is 4. The van der Waals surface area contributed by atoms with Gasteiger partial charge in [-0.25, -0.2) is 0 Å². The fourth-order valence-corrected chi connectivity index (χ4v) is 3.92. The van der Waals surface area contributed by atoms with Crippen LogP contribution in [0, 0.1) is 0 Å². The van der Waals surface area contributed by atoms with Crippen molar-refractivity contribution in [3.05, 3.63) is 47.5 Å². The molecule has 1 fully saturated rings. The summed E-state index contributed by atoms with van der Waals surface area (Å²) >= 11 is 0. The topological polar surface area (TPSA) is 60.5 Å². The van der Waals surface area contributed by atoms with Gasteiger partial charge in [-0.1, -0.05) is 6.07 Å². The fourth-order valence-electron chi connectivity index (χ4n) is 3.92. The number of hydrogen-bond acceptors (Lipinski definition) is 6. The maximum atomic E-state index is 13.0. The Hall–Kier alpha value is -2.93. The Morgan fingerprint density at radius 1 is 0.871 bits per heavy atom. The summed E-state index contributed by atoms with van der Waals surface area (Å²) in [6, 6.07) is 11.5. The van der Waals surface area contributed by atoms with Gasteiger partial charge >= 0.3 is 0 Å². The van der Waals surface area contributed by atoms with Gasteiger partial charge in [0.2, 0.25) is 0 Å². The number of carbonyl (C=O) groups is 1. The predicted octanol–water partition coefficient (Wildman–Crippen LogP) is 3.21. The van der Waals surface area contributed by atoms with Crippen LogP contribution in [0.1, 0.15) is 29.8 Å². The van der Waals surface area contributed by atoms with Crippen LogP contribution in [0.25, 0.3) is 0 Å². The smallest absolute Gasteiger partial charge is 0.254 e. The third kappa shape index (κ3) is 5.05. The first-order valence-electron chi connectivity index (χ1n) is 11.0. The minimum absolute atomic E-state index is 0.0305. The van der Waals surface area contributed by atoms with E-state index in [2.05, 4.69) is 17.0 Å². The average molecular weight is 427 g/mol. The van der Waals surface area contributed by atoms with Crippen LogP contribution in [0.5, 0.6) is 23.0 Å². The summed E-state index contributed by atoms with van der Waals surface area (Å²) in [6.07, 6.45) is 0. The van der Waals surface area contributed by atoms with E-state index < -0.39 is 0 Å². The maximum absolute atomic E-state index is 13.0. The zero-order chi connectivity index (χ0) is 21.6. The second-order valence-corrected chi connectivity index (χ2v) is 7.57. The summed E-state index contributed by atoms with van der Waals surface area (Å²) in [5.41, 5.74) is 1.82. The number of carbonyl (C=O) groups excluding carboxylic acids is 1. The second-order valence-electron chi connectivity index (χ2n) is 7.57. The molecule has 4 rings (SSSR count). The molecule has 2 aliphatic heterocycles. The third-order valence-corrected chi connectivity index (χ3v) is 5.46. The highest BCUT2D eigenvalue weighted by Crippen LogP contribution is 2.31. The summed E-state index contributed by atoms with van der Waals surface area (Å²) in [6.45, 7) is 10.00. The molecule has 0 radical (unpaired) electrons. The molecule has 1 saturated heterocycles. The molecule has 0 unspecified atom stereocenters. The Labute approximate surface area is 183 Å². The SMILES string of the molecule is CCOc1ccc(C(=O)N2CCN(Cc3ccc4c(c3)OCCO4)CC2)cc1OCC. The van der Waals surface area contributed by atoms with E-state index >= 15 is 0 Å². The van der Waals surface area contributed by atoms with Gasteiger partial charge in [0.05, 0.1) is 13.2 Å². The maximum Gasteiger partial charge on any atom is 0.254 e. The monoisotopic (exact) mass is 426 g/mol. The Morgan fingerprint density at radius 3 is 2.32 bits per heavy atom. The van der Waals surface area contributed by atoms with Crippen LogP contribution in [-0.2, 0) is 6.54 Å². The summed E-state index contributed by atoms with van der Waals surface area (Å²) < 4.78 is 22.6. The van der Waals surface area contributed by atoms with Crippen LogP contribution in [0.3, 0.4) is 0 Å². The molecule has 1 amide bonds. The minimum Gasteiger partial charge on any atom is -0.490 e. The number of piperazine rings is 1. The number of amides is 1. The van der Waals surface area contributed by atoms with Gasteiger partial charge in [0.25, 0.3) is 5.91 Å². The van der Waals surface area contributed by atoms with Crippen molar-refractivity contribution in [2.24, 2.45) is 0 Å². The highest BCUT2D eigenvalue weighted by molar-refractivity contribution is 5.95. The van der Waals surface area contributed by atoms with Crippen LogP contribution >= 0.6 is 0 Å². The second kappa shape index (κ2) is 9.92. The van der Waals surface area contributed by atoms with Crippen molar-refractivity contribution >= 4 is 5.91 Å². The molecule has 0 saturated carbocycles. The molecule has 0 N–H and O–H groups in total. The highest BCUT2D eigenvalue weighted by Gasteiger charge is 2.23. The molecular formula is C24H30N2O5. The molecule has 2 aromatic carbocycles. The quantitative estimate of drug-likeness (QED) is 0.678. The van der Waals surface area contributed by atoms with Crippen molar-refractivity contribution in [1.29, 1.82) is 0 Å². The summed E-state index contributed by atoms with van der Waals surface area (Å²) in [5, 5.41) is 0. The number of rotatable bonds is 7. The lowest BCUT2D eigenvalue weighted by atomic mass is 10.1. The standard InChI is InChI=1S/C24H30N2O5/c1-3-28-20-8-6-19(16-23(20)29-4-2)24(27)26-11-9-25(10-12-26)17-18-5-7-21-22(15-18)31-14-13-30-21/h5-8,15-16H,3-4,9-14,17H2,1-2H3. The number of fused-ring (bicyclic) bond motifs is 1. The molecule has 7 heteroatoms. The van der Waals surface area contributed by atoms with Crippen LogP contribution in [0.15, 0.2) is 36.4 Å². The number of nitrogens with zero attached hydrogens (tertiary/aromatic N) is 2. The number of benzene rings is 2. The molecule has 2 heterocycles. The van der Waals surface area contributed by atoms with E-state index in [1.54, 1.807) is 6.07 Å². The molecule has 31 heavy (non-hydrogen) atoms. The van der Waals surface area contributed by atoms with Gasteiger partial charge in [0.15, 0.2) is 23.0 Å². The predicted molar refractivity (Wildman–Crippen MR) is 117 cm³/mol. The summed E-state index contributed by atoms with van der Waals surface area (Å²) in [4.78, 5) is 17.3. The van der Waals surface area contributed by atoms with Gasteiger partial charge in [0.1, 0.15) is 13.2 Å². The summed E-state index contributed by atoms with van der Waals surface area (Å²) in [5.74, 6) is 2.95. The zero-order valence-corrected chi connectivity index (χ0v) is 18.3. The van der Waals surface area contributed by atoms with Crippen molar-refractivity contribution in [1.82, 2.24) is 9.80 Å². The normalized spacial score (nSPS) is 16.1. The van der Waals surface area contributed by atoms with Gasteiger partial charge in [-0.15, -0.1) is 0 Å². The fraction of sp³-hybridized carbons (Fsp3) is 0.458. The molecule has 0 spiro atoms. The lowest BCUT2D eigenvalue weighted by Crippen LogP contribution is -2.48. The minimum atomic E-state index is 0.0305. The molecule has 166 valence electrons. The molecule has 0 bridgehead atoms. The van der Waals surface area contributed by atoms with Gasteiger partial charge in [-0.2, -0.15) is 0 Å². The first-order valence-corrected chi connectivity index (χ1v) is 11.0. The zero-order valence-electron chi connectivity index (χ0n) is 18.3. The van der Waals surface area contributed by atoms with E-state index in [-0.39, 0.29) is 5.91 Å². The Morgan fingerprint density at radius 2 is 1.58 bits per heavy atom. The van der Waals surface area contributed by atoms with Crippen molar-refractivity contribution in [2.75, 3.05) is 52.6 Å². The first kappa shape index (κ1) is 21.3. The largest absolute Gasteiger partial charge is 0.490 e. The molecule has 7 nitrogen and oxygen atoms in total. The number of hydrogen-bond donors (Lipinski definition) is 0. The van der Waals surface area contributed by atoms with Crippen molar-refractivity contribution in [3.63, 3.8) is 0 Å². The lowest BCUT2D eigenvalue weighted by molar-refractivity contribution is 0.0627. The molecular weight excluding hydrogens is 396 g/mol. The molecule has 2 aromatic rings. The molecule has 0 aliphatic carbocycles. The molecule has 0 atom stereocenters. The molecule has 0 aromatic heterocycles. The van der Waals surface area contributed by atoms with Gasteiger partial charge < -0.3 is 23.8 Å². The van der Waals surface area contributed by atoms with Crippen LogP contribution < -0.4 is 18.9 Å². The van der Waals surface area contributed by atoms with Crippen molar-refractivity contribution < 1.29 is 23.7 Å². The van der Waals surface area contributed by atoms with E-state index in [0.29, 0.717) is 56.6 Å². The van der Waals surface area contributed by atoms with Crippen LogP contribution in [0.2, 0.25) is 0 Å². The van der Waals surface area contributed by atoms with Crippen LogP contribution in [-0.4, -0.2) is 68.3 Å². The van der Waals surface area contributed by atoms with Gasteiger partial charge in [-0.3, -0.25) is 9.69 Å². The average Bonchev–Trinajstić information content (AvgIpc) is 2.80. The highest BCUT2D eigenvalue weighted by atomic mass is 16.6. The Kier molecular flexibility index (Phi) is 6.82. The van der Waals surface area contributed by atoms with Crippen molar-refractivity contribution in [3.8, 4) is 23.0 Å². The third-order valence-electron chi connectivity index (χ3n) is 5.46. The Bertz CT molecular complexity index is 909. The lowest BCUT2D eigenvalue weighted by Gasteiger charge is -2.35. The summed E-state index contributed by atoms with van der Waals surface area (Å²) in [7, 11) is 0. The Balaban J connectivity index is 1.35. The van der Waals surface area contributed by atoms with E-state index in [4.69, 9.17) is 18.9 Å². The van der Waals surface area contributed by atoms with E-state index in [0.717, 1.165) is 31.1 Å². The van der Waals surface area contributed by atoms with Crippen LogP contribution in [0.4, 0.5) is 0 Å². The van der Waals surface area contributed by atoms with Gasteiger partial charge in [0, 0.05) is 38.3 Å². The van der Waals surface area contributed by atoms with Gasteiger partial charge in [-0.05, 0) is 49.7 Å². The first-order chi connectivity index (χ1) is 15.2. The molecule has 2 aliphatic rings. The van der Waals surface area contributed by atoms with E-state index in [1.807, 2.05) is 36.9 Å². The van der Waals surface area contributed by atoms with Crippen molar-refractivity contribution in [2.45, 2.75) is 20.4 Å².